The molecule has 2 heterocycles. The average molecular weight is 397 g/mol. The Hall–Kier alpha value is -3.07. The van der Waals surface area contributed by atoms with Gasteiger partial charge in [0, 0.05) is 24.2 Å². The first-order valence-electron chi connectivity index (χ1n) is 10.9. The second-order valence-corrected chi connectivity index (χ2v) is 8.61. The molecule has 5 rings (SSSR count). The lowest BCUT2D eigenvalue weighted by Crippen LogP contribution is -2.43. The molecule has 0 saturated heterocycles. The zero-order chi connectivity index (χ0) is 20.6. The van der Waals surface area contributed by atoms with Crippen molar-refractivity contribution in [2.24, 2.45) is 10.9 Å². The standard InChI is InChI=1S/C27H28N2O/c1-20(2)25-27(23-13-5-3-6-14-23,24-15-7-4-8-16-24)30-26(28-25)29-18-17-21-11-9-10-12-22(21)19-29/h3-16,20,25H,17-19H2,1-2H3/t25-/m0/s1. The number of aliphatic imine (C=N–C) groups is 1. The Morgan fingerprint density at radius 3 is 2.00 bits per heavy atom. The van der Waals surface area contributed by atoms with Crippen LogP contribution in [-0.2, 0) is 23.3 Å². The molecule has 3 nitrogen and oxygen atoms in total. The molecule has 0 N–H and O–H groups in total. The fraction of sp³-hybridized carbons (Fsp3) is 0.296. The maximum Gasteiger partial charge on any atom is 0.289 e. The van der Waals surface area contributed by atoms with Gasteiger partial charge in [-0.05, 0) is 23.5 Å². The van der Waals surface area contributed by atoms with Crippen molar-refractivity contribution in [3.05, 3.63) is 107 Å². The summed E-state index contributed by atoms with van der Waals surface area (Å²) in [6.07, 6.45) is 1.02. The van der Waals surface area contributed by atoms with Gasteiger partial charge in [0.25, 0.3) is 6.02 Å². The number of rotatable bonds is 3. The summed E-state index contributed by atoms with van der Waals surface area (Å²) in [6, 6.07) is 30.7. The summed E-state index contributed by atoms with van der Waals surface area (Å²) in [5.41, 5.74) is 4.51. The van der Waals surface area contributed by atoms with E-state index in [0.29, 0.717) is 5.92 Å². The van der Waals surface area contributed by atoms with Gasteiger partial charge in [-0.3, -0.25) is 0 Å². The van der Waals surface area contributed by atoms with Crippen molar-refractivity contribution in [2.75, 3.05) is 6.54 Å². The number of benzene rings is 3. The van der Waals surface area contributed by atoms with Crippen molar-refractivity contribution < 1.29 is 4.74 Å². The maximum atomic E-state index is 6.93. The van der Waals surface area contributed by atoms with Crippen LogP contribution in [0.4, 0.5) is 0 Å². The molecular formula is C27H28N2O. The van der Waals surface area contributed by atoms with Crippen LogP contribution >= 0.6 is 0 Å². The topological polar surface area (TPSA) is 24.8 Å². The first-order chi connectivity index (χ1) is 14.7. The Balaban J connectivity index is 1.58. The van der Waals surface area contributed by atoms with Crippen molar-refractivity contribution >= 4 is 6.02 Å². The Morgan fingerprint density at radius 2 is 1.40 bits per heavy atom. The van der Waals surface area contributed by atoms with Gasteiger partial charge >= 0.3 is 0 Å². The van der Waals surface area contributed by atoms with Crippen LogP contribution < -0.4 is 0 Å². The molecule has 0 aromatic heterocycles. The highest BCUT2D eigenvalue weighted by atomic mass is 16.5. The SMILES string of the molecule is CC(C)[C@@H]1N=C(N2CCc3ccccc3C2)OC1(c1ccccc1)c1ccccc1. The zero-order valence-corrected chi connectivity index (χ0v) is 17.7. The largest absolute Gasteiger partial charge is 0.446 e. The summed E-state index contributed by atoms with van der Waals surface area (Å²) < 4.78 is 6.93. The third kappa shape index (κ3) is 3.09. The number of hydrogen-bond donors (Lipinski definition) is 0. The predicted molar refractivity (Wildman–Crippen MR) is 121 cm³/mol. The third-order valence-corrected chi connectivity index (χ3v) is 6.36. The third-order valence-electron chi connectivity index (χ3n) is 6.36. The molecule has 152 valence electrons. The number of amidine groups is 1. The lowest BCUT2D eigenvalue weighted by molar-refractivity contribution is 0.0624. The van der Waals surface area contributed by atoms with Crippen LogP contribution in [0.1, 0.15) is 36.1 Å². The number of fused-ring (bicyclic) bond motifs is 1. The van der Waals surface area contributed by atoms with E-state index in [4.69, 9.17) is 9.73 Å². The van der Waals surface area contributed by atoms with Gasteiger partial charge in [0.2, 0.25) is 0 Å². The van der Waals surface area contributed by atoms with E-state index in [2.05, 4.69) is 104 Å². The van der Waals surface area contributed by atoms with E-state index in [-0.39, 0.29) is 6.04 Å². The minimum absolute atomic E-state index is 0.00877. The molecule has 0 aliphatic carbocycles. The molecule has 0 amide bonds. The quantitative estimate of drug-likeness (QED) is 0.592. The van der Waals surface area contributed by atoms with Crippen molar-refractivity contribution in [3.8, 4) is 0 Å². The minimum atomic E-state index is -0.608. The lowest BCUT2D eigenvalue weighted by Gasteiger charge is -2.37. The minimum Gasteiger partial charge on any atom is -0.446 e. The van der Waals surface area contributed by atoms with Crippen molar-refractivity contribution in [1.29, 1.82) is 0 Å². The van der Waals surface area contributed by atoms with Crippen molar-refractivity contribution in [3.63, 3.8) is 0 Å². The fourth-order valence-corrected chi connectivity index (χ4v) is 4.86. The van der Waals surface area contributed by atoms with Gasteiger partial charge in [0.1, 0.15) is 6.04 Å². The molecule has 3 heteroatoms. The summed E-state index contributed by atoms with van der Waals surface area (Å²) in [5, 5.41) is 0. The first-order valence-corrected chi connectivity index (χ1v) is 10.9. The van der Waals surface area contributed by atoms with E-state index < -0.39 is 5.60 Å². The summed E-state index contributed by atoms with van der Waals surface area (Å²) in [7, 11) is 0. The van der Waals surface area contributed by atoms with Gasteiger partial charge in [-0.2, -0.15) is 0 Å². The molecule has 2 aliphatic heterocycles. The van der Waals surface area contributed by atoms with Gasteiger partial charge in [-0.1, -0.05) is 98.8 Å². The predicted octanol–water partition coefficient (Wildman–Crippen LogP) is 5.40. The Bertz CT molecular complexity index is 1000. The highest BCUT2D eigenvalue weighted by molar-refractivity contribution is 5.78. The second kappa shape index (κ2) is 7.64. The van der Waals surface area contributed by atoms with E-state index in [0.717, 1.165) is 36.7 Å². The van der Waals surface area contributed by atoms with E-state index >= 15 is 0 Å². The lowest BCUT2D eigenvalue weighted by atomic mass is 9.76. The van der Waals surface area contributed by atoms with Crippen molar-refractivity contribution in [1.82, 2.24) is 4.90 Å². The van der Waals surface area contributed by atoms with E-state index in [1.807, 2.05) is 0 Å². The van der Waals surface area contributed by atoms with Gasteiger partial charge in [0.15, 0.2) is 5.60 Å². The normalized spacial score (nSPS) is 19.9. The van der Waals surface area contributed by atoms with Gasteiger partial charge in [-0.25, -0.2) is 4.99 Å². The molecule has 0 bridgehead atoms. The molecule has 30 heavy (non-hydrogen) atoms. The Morgan fingerprint density at radius 1 is 0.833 bits per heavy atom. The van der Waals surface area contributed by atoms with Gasteiger partial charge in [0.05, 0.1) is 0 Å². The van der Waals surface area contributed by atoms with Crippen LogP contribution in [0.5, 0.6) is 0 Å². The van der Waals surface area contributed by atoms with E-state index in [1.54, 1.807) is 0 Å². The van der Waals surface area contributed by atoms with Crippen molar-refractivity contribution in [2.45, 2.75) is 38.5 Å². The van der Waals surface area contributed by atoms with E-state index in [1.165, 1.54) is 11.1 Å². The second-order valence-electron chi connectivity index (χ2n) is 8.61. The van der Waals surface area contributed by atoms with E-state index in [9.17, 15) is 0 Å². The van der Waals surface area contributed by atoms with Crippen LogP contribution in [0.2, 0.25) is 0 Å². The summed E-state index contributed by atoms with van der Waals surface area (Å²) in [6.45, 7) is 6.26. The van der Waals surface area contributed by atoms with Crippen LogP contribution in [0.15, 0.2) is 89.9 Å². The van der Waals surface area contributed by atoms with Crippen LogP contribution in [-0.4, -0.2) is 23.5 Å². The maximum absolute atomic E-state index is 6.93. The first kappa shape index (κ1) is 18.9. The fourth-order valence-electron chi connectivity index (χ4n) is 4.86. The summed E-state index contributed by atoms with van der Waals surface area (Å²) in [5.74, 6) is 0.333. The molecule has 0 spiro atoms. The zero-order valence-electron chi connectivity index (χ0n) is 17.7. The smallest absolute Gasteiger partial charge is 0.289 e. The molecule has 2 aliphatic rings. The van der Waals surface area contributed by atoms with Crippen LogP contribution in [0.3, 0.4) is 0 Å². The summed E-state index contributed by atoms with van der Waals surface area (Å²) >= 11 is 0. The molecule has 0 saturated carbocycles. The molecule has 1 atom stereocenters. The highest BCUT2D eigenvalue weighted by Gasteiger charge is 2.52. The molecular weight excluding hydrogens is 368 g/mol. The number of hydrogen-bond acceptors (Lipinski definition) is 3. The molecule has 3 aromatic carbocycles. The number of ether oxygens (including phenoxy) is 1. The monoisotopic (exact) mass is 396 g/mol. The average Bonchev–Trinajstić information content (AvgIpc) is 3.22. The molecule has 0 radical (unpaired) electrons. The van der Waals surface area contributed by atoms with Crippen LogP contribution in [0.25, 0.3) is 0 Å². The Labute approximate surface area is 179 Å². The number of nitrogens with zero attached hydrogens (tertiary/aromatic N) is 2. The van der Waals surface area contributed by atoms with Crippen LogP contribution in [0, 0.1) is 5.92 Å². The van der Waals surface area contributed by atoms with Gasteiger partial charge < -0.3 is 9.64 Å². The molecule has 0 fully saturated rings. The highest BCUT2D eigenvalue weighted by Crippen LogP contribution is 2.45. The molecule has 3 aromatic rings. The Kier molecular flexibility index (Phi) is 4.82. The molecule has 0 unspecified atom stereocenters. The summed E-state index contributed by atoms with van der Waals surface area (Å²) in [4.78, 5) is 7.52. The van der Waals surface area contributed by atoms with Gasteiger partial charge in [-0.15, -0.1) is 0 Å².